The summed E-state index contributed by atoms with van der Waals surface area (Å²) in [6.07, 6.45) is 1.17. The van der Waals surface area contributed by atoms with E-state index in [9.17, 15) is 14.9 Å². The molecule has 0 unspecified atom stereocenters. The molecule has 0 aliphatic rings. The highest BCUT2D eigenvalue weighted by atomic mass is 35.5. The third-order valence-electron chi connectivity index (χ3n) is 2.65. The molecule has 0 aliphatic carbocycles. The Morgan fingerprint density at radius 3 is 2.55 bits per heavy atom. The zero-order valence-electron chi connectivity index (χ0n) is 9.92. The van der Waals surface area contributed by atoms with Crippen LogP contribution in [0.5, 0.6) is 0 Å². The first-order valence-electron chi connectivity index (χ1n) is 5.40. The molecule has 0 aliphatic heterocycles. The maximum atomic E-state index is 11.1. The molecule has 0 radical (unpaired) electrons. The van der Waals surface area contributed by atoms with Gasteiger partial charge in [-0.1, -0.05) is 29.3 Å². The van der Waals surface area contributed by atoms with E-state index >= 15 is 0 Å². The maximum absolute atomic E-state index is 11.1. The van der Waals surface area contributed by atoms with Crippen molar-refractivity contribution in [3.8, 4) is 0 Å². The predicted molar refractivity (Wildman–Crippen MR) is 73.6 cm³/mol. The zero-order chi connectivity index (χ0) is 14.9. The van der Waals surface area contributed by atoms with Crippen molar-refractivity contribution in [2.24, 2.45) is 0 Å². The van der Waals surface area contributed by atoms with E-state index in [1.54, 1.807) is 18.2 Å². The monoisotopic (exact) mass is 314 g/mol. The molecule has 0 spiro atoms. The summed E-state index contributed by atoms with van der Waals surface area (Å²) >= 11 is 11.7. The van der Waals surface area contributed by atoms with Crippen LogP contribution in [0.15, 0.2) is 30.5 Å². The Kier molecular flexibility index (Phi) is 3.96. The van der Waals surface area contributed by atoms with Crippen molar-refractivity contribution in [3.63, 3.8) is 0 Å². The van der Waals surface area contributed by atoms with Gasteiger partial charge in [-0.2, -0.15) is 0 Å². The van der Waals surface area contributed by atoms with E-state index in [1.165, 1.54) is 10.8 Å². The van der Waals surface area contributed by atoms with Crippen molar-refractivity contribution in [2.75, 3.05) is 0 Å². The molecule has 8 heteroatoms. The molecule has 0 amide bonds. The van der Waals surface area contributed by atoms with Crippen LogP contribution < -0.4 is 0 Å². The summed E-state index contributed by atoms with van der Waals surface area (Å²) in [6, 6.07) is 5.85. The number of hydrogen-bond donors (Lipinski definition) is 1. The molecule has 104 valence electrons. The number of rotatable bonds is 4. The lowest BCUT2D eigenvalue weighted by Crippen LogP contribution is -2.08. The number of carboxylic acids is 1. The summed E-state index contributed by atoms with van der Waals surface area (Å²) < 4.78 is 1.28. The van der Waals surface area contributed by atoms with Crippen molar-refractivity contribution in [2.45, 2.75) is 6.54 Å². The van der Waals surface area contributed by atoms with E-state index < -0.39 is 10.9 Å². The van der Waals surface area contributed by atoms with Gasteiger partial charge >= 0.3 is 5.97 Å². The lowest BCUT2D eigenvalue weighted by Gasteiger charge is -2.06. The molecule has 1 N–H and O–H groups in total. The SMILES string of the molecule is O=C(O)c1cc([N+](=O)[O-])cn1Cc1ccc(Cl)c(Cl)c1. The topological polar surface area (TPSA) is 85.4 Å². The highest BCUT2D eigenvalue weighted by molar-refractivity contribution is 6.42. The summed E-state index contributed by atoms with van der Waals surface area (Å²) in [5.41, 5.74) is 0.248. The normalized spacial score (nSPS) is 10.5. The predicted octanol–water partition coefficient (Wildman–Crippen LogP) is 3.45. The fraction of sp³-hybridized carbons (Fsp3) is 0.0833. The summed E-state index contributed by atoms with van der Waals surface area (Å²) in [5.74, 6) is -1.24. The molecule has 0 saturated heterocycles. The maximum Gasteiger partial charge on any atom is 0.352 e. The van der Waals surface area contributed by atoms with Gasteiger partial charge in [0.2, 0.25) is 0 Å². The second-order valence-corrected chi connectivity index (χ2v) is 4.84. The molecule has 6 nitrogen and oxygen atoms in total. The van der Waals surface area contributed by atoms with Crippen molar-refractivity contribution < 1.29 is 14.8 Å². The molecule has 20 heavy (non-hydrogen) atoms. The van der Waals surface area contributed by atoms with Gasteiger partial charge in [0.25, 0.3) is 5.69 Å². The number of aromatic nitrogens is 1. The molecule has 1 aromatic carbocycles. The first kappa shape index (κ1) is 14.4. The number of nitrogens with zero attached hydrogens (tertiary/aromatic N) is 2. The van der Waals surface area contributed by atoms with Crippen LogP contribution in [0.25, 0.3) is 0 Å². The second-order valence-electron chi connectivity index (χ2n) is 4.02. The molecular weight excluding hydrogens is 307 g/mol. The summed E-state index contributed by atoms with van der Waals surface area (Å²) in [6.45, 7) is 0.145. The summed E-state index contributed by atoms with van der Waals surface area (Å²) in [4.78, 5) is 21.1. The van der Waals surface area contributed by atoms with Crippen LogP contribution in [-0.4, -0.2) is 20.6 Å². The minimum absolute atomic E-state index is 0.145. The van der Waals surface area contributed by atoms with Gasteiger partial charge in [-0.15, -0.1) is 0 Å². The van der Waals surface area contributed by atoms with Crippen molar-refractivity contribution in [3.05, 3.63) is 61.9 Å². The number of halogens is 2. The summed E-state index contributed by atoms with van der Waals surface area (Å²) in [7, 11) is 0. The first-order chi connectivity index (χ1) is 9.38. The van der Waals surface area contributed by atoms with Crippen LogP contribution in [0.2, 0.25) is 10.0 Å². The Morgan fingerprint density at radius 2 is 2.00 bits per heavy atom. The van der Waals surface area contributed by atoms with Gasteiger partial charge in [-0.25, -0.2) is 4.79 Å². The Labute approximate surface area is 123 Å². The largest absolute Gasteiger partial charge is 0.477 e. The minimum atomic E-state index is -1.24. The van der Waals surface area contributed by atoms with E-state index in [1.807, 2.05) is 0 Å². The van der Waals surface area contributed by atoms with Crippen LogP contribution in [0, 0.1) is 10.1 Å². The van der Waals surface area contributed by atoms with Crippen LogP contribution in [0.1, 0.15) is 16.1 Å². The van der Waals surface area contributed by atoms with E-state index in [0.717, 1.165) is 6.07 Å². The molecule has 2 rings (SSSR count). The molecule has 0 fully saturated rings. The third-order valence-corrected chi connectivity index (χ3v) is 3.39. The van der Waals surface area contributed by atoms with Gasteiger partial charge in [0, 0.05) is 12.6 Å². The number of carbonyl (C=O) groups is 1. The molecule has 0 atom stereocenters. The fourth-order valence-corrected chi connectivity index (χ4v) is 2.06. The van der Waals surface area contributed by atoms with Crippen LogP contribution in [0.3, 0.4) is 0 Å². The fourth-order valence-electron chi connectivity index (χ4n) is 1.74. The minimum Gasteiger partial charge on any atom is -0.477 e. The molecule has 1 heterocycles. The number of nitro groups is 1. The number of hydrogen-bond acceptors (Lipinski definition) is 3. The van der Waals surface area contributed by atoms with E-state index in [0.29, 0.717) is 15.6 Å². The molecule has 0 bridgehead atoms. The highest BCUT2D eigenvalue weighted by Gasteiger charge is 2.18. The average Bonchev–Trinajstić information content (AvgIpc) is 2.78. The third kappa shape index (κ3) is 2.92. The number of aromatic carboxylic acids is 1. The quantitative estimate of drug-likeness (QED) is 0.691. The van der Waals surface area contributed by atoms with Gasteiger partial charge in [0.1, 0.15) is 5.69 Å². The smallest absolute Gasteiger partial charge is 0.352 e. The molecule has 1 aromatic heterocycles. The Hall–Kier alpha value is -2.05. The molecule has 0 saturated carbocycles. The number of benzene rings is 1. The van der Waals surface area contributed by atoms with E-state index in [4.69, 9.17) is 28.3 Å². The van der Waals surface area contributed by atoms with E-state index in [-0.39, 0.29) is 17.9 Å². The standard InChI is InChI=1S/C12H8Cl2N2O4/c13-9-2-1-7(3-10(9)14)5-15-6-8(16(19)20)4-11(15)12(17)18/h1-4,6H,5H2,(H,17,18). The van der Waals surface area contributed by atoms with Gasteiger partial charge in [-0.3, -0.25) is 10.1 Å². The van der Waals surface area contributed by atoms with Crippen LogP contribution in [-0.2, 0) is 6.54 Å². The lowest BCUT2D eigenvalue weighted by molar-refractivity contribution is -0.384. The van der Waals surface area contributed by atoms with Gasteiger partial charge in [0.15, 0.2) is 0 Å². The number of carboxylic acid groups (broad SMARTS) is 1. The molecular formula is C12H8Cl2N2O4. The second kappa shape index (κ2) is 5.52. The molecule has 2 aromatic rings. The van der Waals surface area contributed by atoms with Gasteiger partial charge in [0.05, 0.1) is 21.2 Å². The average molecular weight is 315 g/mol. The van der Waals surface area contributed by atoms with Crippen molar-refractivity contribution in [1.82, 2.24) is 4.57 Å². The van der Waals surface area contributed by atoms with Gasteiger partial charge in [-0.05, 0) is 17.7 Å². The zero-order valence-corrected chi connectivity index (χ0v) is 11.4. The first-order valence-corrected chi connectivity index (χ1v) is 6.16. The van der Waals surface area contributed by atoms with Gasteiger partial charge < -0.3 is 9.67 Å². The van der Waals surface area contributed by atoms with Crippen molar-refractivity contribution in [1.29, 1.82) is 0 Å². The van der Waals surface area contributed by atoms with Crippen LogP contribution in [0.4, 0.5) is 5.69 Å². The van der Waals surface area contributed by atoms with Crippen molar-refractivity contribution >= 4 is 34.9 Å². The Morgan fingerprint density at radius 1 is 1.30 bits per heavy atom. The van der Waals surface area contributed by atoms with Crippen LogP contribution >= 0.6 is 23.2 Å². The Balaban J connectivity index is 2.39. The Bertz CT molecular complexity index is 697. The highest BCUT2D eigenvalue weighted by Crippen LogP contribution is 2.24. The summed E-state index contributed by atoms with van der Waals surface area (Å²) in [5, 5.41) is 20.5. The lowest BCUT2D eigenvalue weighted by atomic mass is 10.2. The van der Waals surface area contributed by atoms with E-state index in [2.05, 4.69) is 0 Å².